The van der Waals surface area contributed by atoms with Crippen LogP contribution < -0.4 is 10.6 Å². The van der Waals surface area contributed by atoms with E-state index in [9.17, 15) is 18.0 Å². The zero-order valence-electron chi connectivity index (χ0n) is 19.1. The number of alkyl halides is 3. The summed E-state index contributed by atoms with van der Waals surface area (Å²) in [6.07, 6.45) is -2.64. The minimum absolute atomic E-state index is 0.264. The Labute approximate surface area is 211 Å². The van der Waals surface area contributed by atoms with Crippen molar-refractivity contribution < 1.29 is 18.0 Å². The summed E-state index contributed by atoms with van der Waals surface area (Å²) in [7, 11) is 0. The Morgan fingerprint density at radius 2 is 1.91 bits per heavy atom. The van der Waals surface area contributed by atoms with E-state index in [0.717, 1.165) is 54.7 Å². The lowest BCUT2D eigenvalue weighted by atomic mass is 9.98. The van der Waals surface area contributed by atoms with Gasteiger partial charge in [0.1, 0.15) is 5.69 Å². The molecule has 1 aliphatic heterocycles. The van der Waals surface area contributed by atoms with E-state index in [1.807, 2.05) is 6.92 Å². The molecule has 2 aromatic carbocycles. The van der Waals surface area contributed by atoms with Crippen LogP contribution in [-0.4, -0.2) is 40.5 Å². The number of benzene rings is 2. The number of likely N-dealkylation sites (tertiary alicyclic amines) is 1. The van der Waals surface area contributed by atoms with Crippen molar-refractivity contribution in [1.82, 2.24) is 15.2 Å². The van der Waals surface area contributed by atoms with Crippen LogP contribution in [0.15, 0.2) is 53.9 Å². The summed E-state index contributed by atoms with van der Waals surface area (Å²) in [5.74, 6) is -0.127. The number of carbonyl (C=O) groups is 1. The monoisotopic (exact) mass is 518 g/mol. The van der Waals surface area contributed by atoms with Crippen molar-refractivity contribution in [2.45, 2.75) is 31.9 Å². The molecule has 1 fully saturated rings. The summed E-state index contributed by atoms with van der Waals surface area (Å²) in [5.41, 5.74) is 0.868. The van der Waals surface area contributed by atoms with Gasteiger partial charge in [0, 0.05) is 42.2 Å². The molecule has 1 aliphatic rings. The maximum atomic E-state index is 13.2. The lowest BCUT2D eigenvalue weighted by Crippen LogP contribution is -2.43. The van der Waals surface area contributed by atoms with E-state index in [-0.39, 0.29) is 5.92 Å². The topological polar surface area (TPSA) is 57.3 Å². The molecule has 184 valence electrons. The molecule has 1 amide bonds. The number of piperidine rings is 1. The van der Waals surface area contributed by atoms with Gasteiger partial charge in [-0.3, -0.25) is 4.79 Å². The van der Waals surface area contributed by atoms with Crippen molar-refractivity contribution in [2.24, 2.45) is 0 Å². The number of aromatic nitrogens is 1. The molecule has 2 N–H and O–H groups in total. The lowest BCUT2D eigenvalue weighted by molar-refractivity contribution is -0.137. The van der Waals surface area contributed by atoms with Crippen LogP contribution in [0.1, 0.15) is 46.7 Å². The van der Waals surface area contributed by atoms with Crippen molar-refractivity contribution in [1.29, 1.82) is 0 Å². The van der Waals surface area contributed by atoms with E-state index < -0.39 is 17.6 Å². The van der Waals surface area contributed by atoms with Crippen LogP contribution in [0.25, 0.3) is 11.1 Å². The molecule has 0 unspecified atom stereocenters. The molecule has 4 rings (SSSR count). The van der Waals surface area contributed by atoms with Crippen LogP contribution in [0.2, 0.25) is 0 Å². The summed E-state index contributed by atoms with van der Waals surface area (Å²) >= 11 is 6.85. The van der Waals surface area contributed by atoms with Gasteiger partial charge in [0.05, 0.1) is 10.6 Å². The van der Waals surface area contributed by atoms with E-state index in [4.69, 9.17) is 12.2 Å². The number of hydrogen-bond donors (Lipinski definition) is 2. The Morgan fingerprint density at radius 3 is 2.63 bits per heavy atom. The molecule has 1 saturated heterocycles. The molecular formula is C25H25F3N4OS2. The molecular weight excluding hydrogens is 493 g/mol. The third-order valence-corrected chi connectivity index (χ3v) is 7.30. The van der Waals surface area contributed by atoms with Gasteiger partial charge in [-0.25, -0.2) is 4.98 Å². The van der Waals surface area contributed by atoms with Crippen molar-refractivity contribution in [3.63, 3.8) is 0 Å². The number of amides is 1. The first kappa shape index (κ1) is 25.1. The lowest BCUT2D eigenvalue weighted by Gasteiger charge is -2.33. The number of halogens is 3. The van der Waals surface area contributed by atoms with Crippen molar-refractivity contribution in [2.75, 3.05) is 25.0 Å². The van der Waals surface area contributed by atoms with E-state index in [0.29, 0.717) is 22.5 Å². The van der Waals surface area contributed by atoms with Crippen LogP contribution in [0, 0.1) is 0 Å². The Hall–Kier alpha value is -2.98. The molecule has 0 bridgehead atoms. The first-order chi connectivity index (χ1) is 16.8. The largest absolute Gasteiger partial charge is 0.416 e. The van der Waals surface area contributed by atoms with Crippen LogP contribution >= 0.6 is 23.6 Å². The highest BCUT2D eigenvalue weighted by Gasteiger charge is 2.30. The third kappa shape index (κ3) is 5.99. The number of carbonyl (C=O) groups excluding carboxylic acids is 1. The highest BCUT2D eigenvalue weighted by atomic mass is 32.1. The Kier molecular flexibility index (Phi) is 7.71. The second kappa shape index (κ2) is 10.7. The molecule has 0 aliphatic carbocycles. The zero-order valence-corrected chi connectivity index (χ0v) is 20.7. The van der Waals surface area contributed by atoms with Gasteiger partial charge in [-0.15, -0.1) is 11.3 Å². The Balaban J connectivity index is 1.46. The van der Waals surface area contributed by atoms with Crippen molar-refractivity contribution >= 4 is 40.3 Å². The molecule has 0 atom stereocenters. The second-order valence-electron chi connectivity index (χ2n) is 8.25. The smallest absolute Gasteiger partial charge is 0.363 e. The molecule has 5 nitrogen and oxygen atoms in total. The number of rotatable bonds is 5. The fourth-order valence-corrected chi connectivity index (χ4v) is 5.36. The Bertz CT molecular complexity index is 1200. The fourth-order valence-electron chi connectivity index (χ4n) is 4.07. The summed E-state index contributed by atoms with van der Waals surface area (Å²) in [4.78, 5) is 19.7. The van der Waals surface area contributed by atoms with Gasteiger partial charge < -0.3 is 15.5 Å². The predicted molar refractivity (Wildman–Crippen MR) is 137 cm³/mol. The number of thiocarbonyl (C=S) groups is 1. The molecule has 0 saturated carbocycles. The number of hydrogen-bond acceptors (Lipinski definition) is 4. The highest BCUT2D eigenvalue weighted by molar-refractivity contribution is 7.80. The molecule has 0 spiro atoms. The third-order valence-electron chi connectivity index (χ3n) is 5.89. The molecule has 10 heteroatoms. The highest BCUT2D eigenvalue weighted by Crippen LogP contribution is 2.35. The molecule has 0 radical (unpaired) electrons. The standard InChI is InChI=1S/C25H25F3N4OS2/c1-2-29-24(34)32-12-10-16(11-13-32)23-31-21(15-35-23)22(33)30-20-9-4-3-8-19(20)17-6-5-7-18(14-17)25(26,27)28/h3-9,14-16H,2,10-13H2,1H3,(H,29,34)(H,30,33). The number of para-hydroxylation sites is 1. The van der Waals surface area contributed by atoms with E-state index in [1.165, 1.54) is 17.4 Å². The van der Waals surface area contributed by atoms with Gasteiger partial charge in [0.15, 0.2) is 5.11 Å². The van der Waals surface area contributed by atoms with Crippen LogP contribution in [-0.2, 0) is 6.18 Å². The van der Waals surface area contributed by atoms with Gasteiger partial charge in [-0.05, 0) is 55.7 Å². The first-order valence-corrected chi connectivity index (χ1v) is 12.6. The normalized spacial score (nSPS) is 14.6. The average Bonchev–Trinajstić information content (AvgIpc) is 3.35. The van der Waals surface area contributed by atoms with Crippen LogP contribution in [0.4, 0.5) is 18.9 Å². The summed E-state index contributed by atoms with van der Waals surface area (Å²) in [6.45, 7) is 4.48. The van der Waals surface area contributed by atoms with Gasteiger partial charge in [0.2, 0.25) is 0 Å². The first-order valence-electron chi connectivity index (χ1n) is 11.3. The molecule has 35 heavy (non-hydrogen) atoms. The summed E-state index contributed by atoms with van der Waals surface area (Å²) in [6, 6.07) is 11.9. The van der Waals surface area contributed by atoms with Crippen molar-refractivity contribution in [3.05, 3.63) is 70.2 Å². The van der Waals surface area contributed by atoms with E-state index in [2.05, 4.69) is 20.5 Å². The second-order valence-corrected chi connectivity index (χ2v) is 9.52. The van der Waals surface area contributed by atoms with Crippen LogP contribution in [0.5, 0.6) is 0 Å². The molecule has 3 aromatic rings. The van der Waals surface area contributed by atoms with Gasteiger partial charge in [0.25, 0.3) is 5.91 Å². The summed E-state index contributed by atoms with van der Waals surface area (Å²) in [5, 5.41) is 9.41. The number of anilines is 1. The van der Waals surface area contributed by atoms with E-state index in [1.54, 1.807) is 35.7 Å². The number of thiazole rings is 1. The minimum atomic E-state index is -4.45. The van der Waals surface area contributed by atoms with Gasteiger partial charge >= 0.3 is 6.18 Å². The maximum Gasteiger partial charge on any atom is 0.416 e. The number of nitrogens with zero attached hydrogens (tertiary/aromatic N) is 2. The van der Waals surface area contributed by atoms with Gasteiger partial charge in [-0.2, -0.15) is 13.2 Å². The zero-order chi connectivity index (χ0) is 25.0. The Morgan fingerprint density at radius 1 is 1.17 bits per heavy atom. The quantitative estimate of drug-likeness (QED) is 0.397. The summed E-state index contributed by atoms with van der Waals surface area (Å²) < 4.78 is 39.5. The average molecular weight is 519 g/mol. The predicted octanol–water partition coefficient (Wildman–Crippen LogP) is 6.16. The van der Waals surface area contributed by atoms with Crippen LogP contribution in [0.3, 0.4) is 0 Å². The fraction of sp³-hybridized carbons (Fsp3) is 0.320. The molecule has 1 aromatic heterocycles. The number of nitrogens with one attached hydrogen (secondary N) is 2. The SMILES string of the molecule is CCNC(=S)N1CCC(c2nc(C(=O)Nc3ccccc3-c3cccc(C(F)(F)F)c3)cs2)CC1. The minimum Gasteiger partial charge on any atom is -0.363 e. The van der Waals surface area contributed by atoms with Crippen molar-refractivity contribution in [3.8, 4) is 11.1 Å². The van der Waals surface area contributed by atoms with Gasteiger partial charge in [-0.1, -0.05) is 30.3 Å². The molecule has 2 heterocycles. The maximum absolute atomic E-state index is 13.2. The van der Waals surface area contributed by atoms with E-state index >= 15 is 0 Å².